The fourth-order valence-corrected chi connectivity index (χ4v) is 3.68. The zero-order valence-corrected chi connectivity index (χ0v) is 17.1. The standard InChI is InChI=1S/C19H24FN3O4S/c1-22(2)28(25,26)18-11-16(8-9-17(18)27-4)21-19(24)13-23(3)12-14-6-5-7-15(20)10-14/h5-11H,12-13H2,1-4H3,(H,21,24). The Kier molecular flexibility index (Phi) is 7.11. The molecule has 0 spiro atoms. The molecule has 152 valence electrons. The van der Waals surface area contributed by atoms with Crippen molar-refractivity contribution in [2.45, 2.75) is 11.4 Å². The minimum Gasteiger partial charge on any atom is -0.495 e. The maximum absolute atomic E-state index is 13.3. The number of hydrogen-bond donors (Lipinski definition) is 1. The number of methoxy groups -OCH3 is 1. The molecule has 0 aliphatic rings. The predicted molar refractivity (Wildman–Crippen MR) is 105 cm³/mol. The zero-order chi connectivity index (χ0) is 20.9. The first-order valence-electron chi connectivity index (χ1n) is 8.47. The van der Waals surface area contributed by atoms with Crippen LogP contribution in [0.25, 0.3) is 0 Å². The van der Waals surface area contributed by atoms with E-state index in [9.17, 15) is 17.6 Å². The average Bonchev–Trinajstić information content (AvgIpc) is 2.61. The van der Waals surface area contributed by atoms with E-state index in [2.05, 4.69) is 5.32 Å². The van der Waals surface area contributed by atoms with Gasteiger partial charge in [0.2, 0.25) is 15.9 Å². The molecule has 0 atom stereocenters. The van der Waals surface area contributed by atoms with E-state index >= 15 is 0 Å². The smallest absolute Gasteiger partial charge is 0.246 e. The van der Waals surface area contributed by atoms with Crippen molar-refractivity contribution in [3.8, 4) is 5.75 Å². The molecule has 0 radical (unpaired) electrons. The minimum absolute atomic E-state index is 0.0362. The van der Waals surface area contributed by atoms with Gasteiger partial charge in [0.05, 0.1) is 13.7 Å². The van der Waals surface area contributed by atoms with Crippen LogP contribution in [-0.2, 0) is 21.4 Å². The van der Waals surface area contributed by atoms with Crippen molar-refractivity contribution < 1.29 is 22.3 Å². The largest absolute Gasteiger partial charge is 0.495 e. The second-order valence-electron chi connectivity index (χ2n) is 6.50. The molecule has 0 aromatic heterocycles. The lowest BCUT2D eigenvalue weighted by Gasteiger charge is -2.18. The van der Waals surface area contributed by atoms with Crippen LogP contribution in [0, 0.1) is 5.82 Å². The van der Waals surface area contributed by atoms with Crippen LogP contribution >= 0.6 is 0 Å². The van der Waals surface area contributed by atoms with Gasteiger partial charge in [-0.3, -0.25) is 9.69 Å². The number of anilines is 1. The van der Waals surface area contributed by atoms with E-state index in [1.165, 1.54) is 45.5 Å². The van der Waals surface area contributed by atoms with E-state index < -0.39 is 10.0 Å². The van der Waals surface area contributed by atoms with Gasteiger partial charge in [0.25, 0.3) is 0 Å². The normalized spacial score (nSPS) is 11.7. The first kappa shape index (κ1) is 21.8. The lowest BCUT2D eigenvalue weighted by atomic mass is 10.2. The molecule has 0 aliphatic heterocycles. The number of likely N-dealkylation sites (N-methyl/N-ethyl adjacent to an activating group) is 1. The van der Waals surface area contributed by atoms with Gasteiger partial charge in [-0.25, -0.2) is 17.1 Å². The molecule has 1 N–H and O–H groups in total. The molecule has 2 aromatic carbocycles. The van der Waals surface area contributed by atoms with Gasteiger partial charge in [-0.1, -0.05) is 12.1 Å². The highest BCUT2D eigenvalue weighted by Gasteiger charge is 2.23. The van der Waals surface area contributed by atoms with Crippen molar-refractivity contribution in [2.75, 3.05) is 40.1 Å². The van der Waals surface area contributed by atoms with Crippen molar-refractivity contribution in [2.24, 2.45) is 0 Å². The van der Waals surface area contributed by atoms with Crippen LogP contribution in [0.5, 0.6) is 5.75 Å². The average molecular weight is 409 g/mol. The van der Waals surface area contributed by atoms with Gasteiger partial charge in [-0.2, -0.15) is 0 Å². The number of benzene rings is 2. The van der Waals surface area contributed by atoms with E-state index in [0.717, 1.165) is 9.87 Å². The lowest BCUT2D eigenvalue weighted by Crippen LogP contribution is -2.30. The van der Waals surface area contributed by atoms with Crippen molar-refractivity contribution in [3.63, 3.8) is 0 Å². The van der Waals surface area contributed by atoms with E-state index in [-0.39, 0.29) is 28.9 Å². The Bertz CT molecular complexity index is 948. The number of sulfonamides is 1. The second-order valence-corrected chi connectivity index (χ2v) is 8.62. The lowest BCUT2D eigenvalue weighted by molar-refractivity contribution is -0.117. The molecule has 0 saturated carbocycles. The van der Waals surface area contributed by atoms with Crippen LogP contribution in [0.15, 0.2) is 47.4 Å². The summed E-state index contributed by atoms with van der Waals surface area (Å²) in [5.41, 5.74) is 1.09. The number of nitrogens with zero attached hydrogens (tertiary/aromatic N) is 2. The molecule has 9 heteroatoms. The molecule has 28 heavy (non-hydrogen) atoms. The SMILES string of the molecule is COc1ccc(NC(=O)CN(C)Cc2cccc(F)c2)cc1S(=O)(=O)N(C)C. The summed E-state index contributed by atoms with van der Waals surface area (Å²) < 4.78 is 44.4. The van der Waals surface area contributed by atoms with Gasteiger partial charge in [-0.05, 0) is 42.9 Å². The van der Waals surface area contributed by atoms with Crippen LogP contribution < -0.4 is 10.1 Å². The third-order valence-electron chi connectivity index (χ3n) is 3.96. The van der Waals surface area contributed by atoms with Crippen LogP contribution in [0.1, 0.15) is 5.56 Å². The molecule has 2 rings (SSSR count). The highest BCUT2D eigenvalue weighted by molar-refractivity contribution is 7.89. The highest BCUT2D eigenvalue weighted by Crippen LogP contribution is 2.28. The van der Waals surface area contributed by atoms with E-state index in [4.69, 9.17) is 4.74 Å². The Labute approximate surface area is 164 Å². The third-order valence-corrected chi connectivity index (χ3v) is 5.80. The Morgan fingerprint density at radius 3 is 2.46 bits per heavy atom. The fraction of sp³-hybridized carbons (Fsp3) is 0.316. The van der Waals surface area contributed by atoms with Crippen molar-refractivity contribution in [3.05, 3.63) is 53.8 Å². The van der Waals surface area contributed by atoms with Gasteiger partial charge in [0, 0.05) is 26.3 Å². The highest BCUT2D eigenvalue weighted by atomic mass is 32.2. The topological polar surface area (TPSA) is 79.0 Å². The first-order valence-corrected chi connectivity index (χ1v) is 9.91. The third kappa shape index (κ3) is 5.51. The predicted octanol–water partition coefficient (Wildman–Crippen LogP) is 2.16. The molecule has 0 unspecified atom stereocenters. The van der Waals surface area contributed by atoms with E-state index in [0.29, 0.717) is 12.2 Å². The van der Waals surface area contributed by atoms with Crippen molar-refractivity contribution in [1.82, 2.24) is 9.21 Å². The number of carbonyl (C=O) groups excluding carboxylic acids is 1. The van der Waals surface area contributed by atoms with Crippen molar-refractivity contribution in [1.29, 1.82) is 0 Å². The number of rotatable bonds is 8. The summed E-state index contributed by atoms with van der Waals surface area (Å²) in [5.74, 6) is -0.463. The molecule has 1 amide bonds. The number of ether oxygens (including phenoxy) is 1. The van der Waals surface area contributed by atoms with Gasteiger partial charge in [0.1, 0.15) is 16.5 Å². The first-order chi connectivity index (χ1) is 13.1. The molecular weight excluding hydrogens is 385 g/mol. The van der Waals surface area contributed by atoms with Crippen LogP contribution in [0.3, 0.4) is 0 Å². The second kappa shape index (κ2) is 9.13. The van der Waals surface area contributed by atoms with Crippen LogP contribution in [0.2, 0.25) is 0 Å². The molecule has 0 bridgehead atoms. The Hall–Kier alpha value is -2.49. The molecular formula is C19H24FN3O4S. The maximum Gasteiger partial charge on any atom is 0.246 e. The Morgan fingerprint density at radius 2 is 1.86 bits per heavy atom. The quantitative estimate of drug-likeness (QED) is 0.723. The molecule has 2 aromatic rings. The summed E-state index contributed by atoms with van der Waals surface area (Å²) in [6.07, 6.45) is 0. The van der Waals surface area contributed by atoms with E-state index in [1.807, 2.05) is 0 Å². The summed E-state index contributed by atoms with van der Waals surface area (Å²) in [6, 6.07) is 10.6. The van der Waals surface area contributed by atoms with Crippen LogP contribution in [0.4, 0.5) is 10.1 Å². The van der Waals surface area contributed by atoms with E-state index in [1.54, 1.807) is 30.1 Å². The number of amides is 1. The minimum atomic E-state index is -3.73. The van der Waals surface area contributed by atoms with Gasteiger partial charge in [-0.15, -0.1) is 0 Å². The molecule has 0 saturated heterocycles. The Balaban J connectivity index is 2.09. The van der Waals surface area contributed by atoms with Crippen molar-refractivity contribution >= 4 is 21.6 Å². The van der Waals surface area contributed by atoms with Gasteiger partial charge >= 0.3 is 0 Å². The number of nitrogens with one attached hydrogen (secondary N) is 1. The maximum atomic E-state index is 13.3. The molecule has 0 fully saturated rings. The molecule has 7 nitrogen and oxygen atoms in total. The number of hydrogen-bond acceptors (Lipinski definition) is 5. The molecule has 0 aliphatic carbocycles. The Morgan fingerprint density at radius 1 is 1.14 bits per heavy atom. The molecule has 0 heterocycles. The number of halogens is 1. The summed E-state index contributed by atoms with van der Waals surface area (Å²) in [5, 5.41) is 2.68. The monoisotopic (exact) mass is 409 g/mol. The fourth-order valence-electron chi connectivity index (χ4n) is 2.60. The van der Waals surface area contributed by atoms with Gasteiger partial charge < -0.3 is 10.1 Å². The summed E-state index contributed by atoms with van der Waals surface area (Å²) in [4.78, 5) is 14.0. The summed E-state index contributed by atoms with van der Waals surface area (Å²) >= 11 is 0. The van der Waals surface area contributed by atoms with Crippen LogP contribution in [-0.4, -0.2) is 58.3 Å². The summed E-state index contributed by atoms with van der Waals surface area (Å²) in [7, 11) is 2.22. The zero-order valence-electron chi connectivity index (χ0n) is 16.3. The number of carbonyl (C=O) groups is 1. The van der Waals surface area contributed by atoms with Gasteiger partial charge in [0.15, 0.2) is 0 Å². The summed E-state index contributed by atoms with van der Waals surface area (Å²) in [6.45, 7) is 0.451.